The number of benzene rings is 1. The Morgan fingerprint density at radius 2 is 2.00 bits per heavy atom. The van der Waals surface area contributed by atoms with Crippen molar-refractivity contribution in [2.45, 2.75) is 32.2 Å². The van der Waals surface area contributed by atoms with E-state index in [0.717, 1.165) is 10.0 Å². The highest BCUT2D eigenvalue weighted by molar-refractivity contribution is 9.10. The number of nitrogens with zero attached hydrogens (tertiary/aromatic N) is 1. The Morgan fingerprint density at radius 3 is 2.62 bits per heavy atom. The van der Waals surface area contributed by atoms with Crippen LogP contribution in [-0.2, 0) is 11.2 Å². The Labute approximate surface area is 162 Å². The summed E-state index contributed by atoms with van der Waals surface area (Å²) in [7, 11) is 0. The van der Waals surface area contributed by atoms with Crippen LogP contribution in [0.25, 0.3) is 11.3 Å². The molecule has 0 unspecified atom stereocenters. The quantitative estimate of drug-likeness (QED) is 0.719. The van der Waals surface area contributed by atoms with Crippen molar-refractivity contribution in [1.29, 1.82) is 0 Å². The number of rotatable bonds is 6. The van der Waals surface area contributed by atoms with Gasteiger partial charge in [0.15, 0.2) is 11.7 Å². The number of nitrogens with two attached hydrogens (primary N) is 1. The number of amides is 1. The van der Waals surface area contributed by atoms with Crippen molar-refractivity contribution < 1.29 is 9.21 Å². The highest BCUT2D eigenvalue weighted by Crippen LogP contribution is 2.28. The second kappa shape index (κ2) is 10.0. The predicted molar refractivity (Wildman–Crippen MR) is 104 cm³/mol. The average molecular weight is 439 g/mol. The minimum absolute atomic E-state index is 0. The third kappa shape index (κ3) is 6.43. The number of oxazole rings is 1. The maximum absolute atomic E-state index is 11.9. The molecule has 8 heteroatoms. The van der Waals surface area contributed by atoms with Crippen LogP contribution in [0.5, 0.6) is 0 Å². The van der Waals surface area contributed by atoms with Gasteiger partial charge in [0.1, 0.15) is 0 Å². The van der Waals surface area contributed by atoms with Gasteiger partial charge in [-0.25, -0.2) is 4.98 Å². The lowest BCUT2D eigenvalue weighted by molar-refractivity contribution is -0.122. The third-order valence-electron chi connectivity index (χ3n) is 3.25. The van der Waals surface area contributed by atoms with E-state index >= 15 is 0 Å². The Hall–Kier alpha value is -1.08. The molecule has 0 bridgehead atoms. The molecule has 1 heterocycles. The minimum Gasteiger partial charge on any atom is -0.441 e. The van der Waals surface area contributed by atoms with Gasteiger partial charge in [0.2, 0.25) is 5.91 Å². The molecule has 2 rings (SSSR count). The third-order valence-corrected chi connectivity index (χ3v) is 3.94. The molecule has 1 aromatic carbocycles. The van der Waals surface area contributed by atoms with Crippen LogP contribution < -0.4 is 11.1 Å². The van der Waals surface area contributed by atoms with E-state index in [4.69, 9.17) is 10.2 Å². The monoisotopic (exact) mass is 437 g/mol. The van der Waals surface area contributed by atoms with Crippen molar-refractivity contribution in [3.05, 3.63) is 40.8 Å². The van der Waals surface area contributed by atoms with Crippen molar-refractivity contribution in [3.8, 4) is 11.3 Å². The number of halogens is 3. The van der Waals surface area contributed by atoms with Gasteiger partial charge in [-0.3, -0.25) is 4.79 Å². The molecule has 134 valence electrons. The topological polar surface area (TPSA) is 81.1 Å². The molecule has 0 atom stereocenters. The van der Waals surface area contributed by atoms with Crippen molar-refractivity contribution in [1.82, 2.24) is 10.3 Å². The van der Waals surface area contributed by atoms with Crippen molar-refractivity contribution in [2.24, 2.45) is 5.73 Å². The van der Waals surface area contributed by atoms with E-state index in [2.05, 4.69) is 26.2 Å². The molecular weight excluding hydrogens is 417 g/mol. The summed E-state index contributed by atoms with van der Waals surface area (Å²) < 4.78 is 6.66. The molecule has 0 fully saturated rings. The fourth-order valence-electron chi connectivity index (χ4n) is 1.92. The highest BCUT2D eigenvalue weighted by atomic mass is 79.9. The lowest BCUT2D eigenvalue weighted by Crippen LogP contribution is -2.48. The Morgan fingerprint density at radius 1 is 1.33 bits per heavy atom. The zero-order chi connectivity index (χ0) is 16.2. The SMILES string of the molecule is CC(C)(CN)NC(=O)CCc1ncc(-c2ccccc2Br)o1.Cl.Cl. The first-order valence-electron chi connectivity index (χ1n) is 7.12. The first kappa shape index (κ1) is 22.9. The maximum atomic E-state index is 11.9. The van der Waals surface area contributed by atoms with Crippen LogP contribution >= 0.6 is 40.7 Å². The summed E-state index contributed by atoms with van der Waals surface area (Å²) in [6.45, 7) is 4.17. The van der Waals surface area contributed by atoms with Gasteiger partial charge >= 0.3 is 0 Å². The summed E-state index contributed by atoms with van der Waals surface area (Å²) in [4.78, 5) is 16.1. The number of carbonyl (C=O) groups excluding carboxylic acids is 1. The molecule has 24 heavy (non-hydrogen) atoms. The van der Waals surface area contributed by atoms with E-state index in [-0.39, 0.29) is 30.7 Å². The van der Waals surface area contributed by atoms with E-state index in [9.17, 15) is 4.79 Å². The van der Waals surface area contributed by atoms with E-state index in [1.54, 1.807) is 6.20 Å². The Balaban J connectivity index is 0.00000264. The number of hydrogen-bond donors (Lipinski definition) is 2. The van der Waals surface area contributed by atoms with Crippen LogP contribution in [0.2, 0.25) is 0 Å². The van der Waals surface area contributed by atoms with E-state index in [1.165, 1.54) is 0 Å². The summed E-state index contributed by atoms with van der Waals surface area (Å²) >= 11 is 3.48. The number of aryl methyl sites for hydroxylation is 1. The zero-order valence-corrected chi connectivity index (χ0v) is 16.8. The Bertz CT molecular complexity index is 662. The molecule has 0 aliphatic carbocycles. The lowest BCUT2D eigenvalue weighted by atomic mass is 10.1. The molecular formula is C16H22BrCl2N3O2. The Kier molecular flexibility index (Phi) is 9.58. The van der Waals surface area contributed by atoms with Gasteiger partial charge in [-0.05, 0) is 19.9 Å². The van der Waals surface area contributed by atoms with Crippen LogP contribution in [0.4, 0.5) is 0 Å². The van der Waals surface area contributed by atoms with Crippen molar-refractivity contribution in [3.63, 3.8) is 0 Å². The molecule has 0 radical (unpaired) electrons. The zero-order valence-electron chi connectivity index (χ0n) is 13.5. The summed E-state index contributed by atoms with van der Waals surface area (Å²) in [5.41, 5.74) is 6.14. The van der Waals surface area contributed by atoms with Gasteiger partial charge in [0.25, 0.3) is 0 Å². The van der Waals surface area contributed by atoms with Crippen LogP contribution in [0.15, 0.2) is 39.4 Å². The van der Waals surface area contributed by atoms with Crippen LogP contribution in [0.3, 0.4) is 0 Å². The molecule has 0 aliphatic rings. The molecule has 0 spiro atoms. The summed E-state index contributed by atoms with van der Waals surface area (Å²) in [5.74, 6) is 1.17. The van der Waals surface area contributed by atoms with E-state index in [1.807, 2.05) is 38.1 Å². The van der Waals surface area contributed by atoms with Gasteiger partial charge in [-0.15, -0.1) is 24.8 Å². The summed E-state index contributed by atoms with van der Waals surface area (Å²) in [6, 6.07) is 7.77. The normalized spacial score (nSPS) is 10.5. The molecule has 0 saturated heterocycles. The van der Waals surface area contributed by atoms with Crippen molar-refractivity contribution >= 4 is 46.7 Å². The number of hydrogen-bond acceptors (Lipinski definition) is 4. The highest BCUT2D eigenvalue weighted by Gasteiger charge is 2.18. The number of carbonyl (C=O) groups is 1. The number of aromatic nitrogens is 1. The van der Waals surface area contributed by atoms with Gasteiger partial charge in [0.05, 0.1) is 6.20 Å². The van der Waals surface area contributed by atoms with Gasteiger partial charge < -0.3 is 15.5 Å². The molecule has 2 aromatic rings. The molecule has 0 aliphatic heterocycles. The second-order valence-electron chi connectivity index (χ2n) is 5.73. The number of nitrogens with one attached hydrogen (secondary N) is 1. The fraction of sp³-hybridized carbons (Fsp3) is 0.375. The van der Waals surface area contributed by atoms with Crippen LogP contribution in [0, 0.1) is 0 Å². The standard InChI is InChI=1S/C16H20BrN3O2.2ClH/c1-16(2,10-18)20-14(21)7-8-15-19-9-13(22-15)11-5-3-4-6-12(11)17;;/h3-6,9H,7-8,10,18H2,1-2H3,(H,20,21);2*1H. The first-order chi connectivity index (χ1) is 10.4. The van der Waals surface area contributed by atoms with Gasteiger partial charge in [0, 0.05) is 35.0 Å². The maximum Gasteiger partial charge on any atom is 0.220 e. The van der Waals surface area contributed by atoms with Gasteiger partial charge in [-0.2, -0.15) is 0 Å². The van der Waals surface area contributed by atoms with Crippen LogP contribution in [-0.4, -0.2) is 23.0 Å². The van der Waals surface area contributed by atoms with E-state index < -0.39 is 5.54 Å². The summed E-state index contributed by atoms with van der Waals surface area (Å²) in [6.07, 6.45) is 2.45. The molecule has 1 amide bonds. The first-order valence-corrected chi connectivity index (χ1v) is 7.91. The largest absolute Gasteiger partial charge is 0.441 e. The minimum atomic E-state index is -0.395. The van der Waals surface area contributed by atoms with Gasteiger partial charge in [-0.1, -0.05) is 34.1 Å². The smallest absolute Gasteiger partial charge is 0.220 e. The predicted octanol–water partition coefficient (Wildman–Crippen LogP) is 3.73. The molecule has 3 N–H and O–H groups in total. The average Bonchev–Trinajstić information content (AvgIpc) is 2.94. The van der Waals surface area contributed by atoms with Crippen molar-refractivity contribution in [2.75, 3.05) is 6.54 Å². The summed E-state index contributed by atoms with van der Waals surface area (Å²) in [5, 5.41) is 2.88. The molecule has 1 aromatic heterocycles. The van der Waals surface area contributed by atoms with Crippen LogP contribution in [0.1, 0.15) is 26.2 Å². The molecule has 0 saturated carbocycles. The molecule has 5 nitrogen and oxygen atoms in total. The lowest BCUT2D eigenvalue weighted by Gasteiger charge is -2.23. The van der Waals surface area contributed by atoms with E-state index in [0.29, 0.717) is 31.0 Å². The second-order valence-corrected chi connectivity index (χ2v) is 6.59. The fourth-order valence-corrected chi connectivity index (χ4v) is 2.40.